The SMILES string of the molecule is CCOc1cc(C)ccc1NC(=O)NCCOc1ccccc1. The number of carbonyl (C=O) groups excluding carboxylic acids is 1. The molecule has 0 atom stereocenters. The fourth-order valence-corrected chi connectivity index (χ4v) is 2.02. The zero-order valence-corrected chi connectivity index (χ0v) is 13.5. The van der Waals surface area contributed by atoms with Crippen LogP contribution < -0.4 is 20.1 Å². The normalized spacial score (nSPS) is 10.0. The first-order valence-corrected chi connectivity index (χ1v) is 7.65. The van der Waals surface area contributed by atoms with Crippen molar-refractivity contribution < 1.29 is 14.3 Å². The molecule has 2 aromatic carbocycles. The Bertz CT molecular complexity index is 629. The highest BCUT2D eigenvalue weighted by Gasteiger charge is 2.07. The lowest BCUT2D eigenvalue weighted by molar-refractivity contribution is 0.247. The zero-order valence-electron chi connectivity index (χ0n) is 13.5. The van der Waals surface area contributed by atoms with Gasteiger partial charge in [-0.3, -0.25) is 0 Å². The maximum atomic E-state index is 11.9. The van der Waals surface area contributed by atoms with E-state index in [1.807, 2.05) is 62.4 Å². The van der Waals surface area contributed by atoms with E-state index in [-0.39, 0.29) is 6.03 Å². The second-order valence-electron chi connectivity index (χ2n) is 4.98. The molecule has 0 saturated carbocycles. The Morgan fingerprint density at radius 1 is 1.09 bits per heavy atom. The number of rotatable bonds is 7. The van der Waals surface area contributed by atoms with Crippen LogP contribution in [0.15, 0.2) is 48.5 Å². The van der Waals surface area contributed by atoms with Gasteiger partial charge in [-0.05, 0) is 43.7 Å². The summed E-state index contributed by atoms with van der Waals surface area (Å²) in [6.07, 6.45) is 0. The fraction of sp³-hybridized carbons (Fsp3) is 0.278. The zero-order chi connectivity index (χ0) is 16.5. The number of anilines is 1. The number of hydrogen-bond acceptors (Lipinski definition) is 3. The molecule has 0 aliphatic carbocycles. The summed E-state index contributed by atoms with van der Waals surface area (Å²) in [5.74, 6) is 1.45. The van der Waals surface area contributed by atoms with Crippen molar-refractivity contribution in [3.63, 3.8) is 0 Å². The third kappa shape index (κ3) is 5.54. The van der Waals surface area contributed by atoms with Crippen molar-refractivity contribution in [3.05, 3.63) is 54.1 Å². The standard InChI is InChI=1S/C18H22N2O3/c1-3-22-17-13-14(2)9-10-16(17)20-18(21)19-11-12-23-15-7-5-4-6-8-15/h4-10,13H,3,11-12H2,1-2H3,(H2,19,20,21). The Labute approximate surface area is 136 Å². The van der Waals surface area contributed by atoms with Gasteiger partial charge in [-0.15, -0.1) is 0 Å². The second-order valence-corrected chi connectivity index (χ2v) is 4.98. The van der Waals surface area contributed by atoms with E-state index in [9.17, 15) is 4.79 Å². The minimum Gasteiger partial charge on any atom is -0.492 e. The quantitative estimate of drug-likeness (QED) is 0.768. The first kappa shape index (κ1) is 16.7. The summed E-state index contributed by atoms with van der Waals surface area (Å²) < 4.78 is 11.1. The van der Waals surface area contributed by atoms with Gasteiger partial charge in [0.1, 0.15) is 18.1 Å². The van der Waals surface area contributed by atoms with E-state index in [4.69, 9.17) is 9.47 Å². The molecule has 0 unspecified atom stereocenters. The van der Waals surface area contributed by atoms with E-state index in [0.717, 1.165) is 11.3 Å². The van der Waals surface area contributed by atoms with Crippen molar-refractivity contribution in [2.45, 2.75) is 13.8 Å². The first-order valence-electron chi connectivity index (χ1n) is 7.65. The largest absolute Gasteiger partial charge is 0.492 e. The number of carbonyl (C=O) groups is 1. The van der Waals surface area contributed by atoms with Gasteiger partial charge in [0.25, 0.3) is 0 Å². The molecule has 0 saturated heterocycles. The van der Waals surface area contributed by atoms with Crippen LogP contribution in [0, 0.1) is 6.92 Å². The number of amides is 2. The summed E-state index contributed by atoms with van der Waals surface area (Å²) in [5, 5.41) is 5.55. The number of aryl methyl sites for hydroxylation is 1. The molecule has 0 bridgehead atoms. The Morgan fingerprint density at radius 3 is 2.61 bits per heavy atom. The smallest absolute Gasteiger partial charge is 0.319 e. The van der Waals surface area contributed by atoms with Crippen LogP contribution in [0.3, 0.4) is 0 Å². The molecule has 2 rings (SSSR count). The maximum absolute atomic E-state index is 11.9. The molecule has 0 fully saturated rings. The van der Waals surface area contributed by atoms with Gasteiger partial charge in [0.05, 0.1) is 18.8 Å². The first-order chi connectivity index (χ1) is 11.2. The molecule has 0 aromatic heterocycles. The highest BCUT2D eigenvalue weighted by molar-refractivity contribution is 5.90. The molecular formula is C18H22N2O3. The molecule has 0 radical (unpaired) electrons. The van der Waals surface area contributed by atoms with Crippen molar-refractivity contribution in [3.8, 4) is 11.5 Å². The van der Waals surface area contributed by atoms with Crippen molar-refractivity contribution in [2.24, 2.45) is 0 Å². The van der Waals surface area contributed by atoms with E-state index < -0.39 is 0 Å². The van der Waals surface area contributed by atoms with Crippen molar-refractivity contribution >= 4 is 11.7 Å². The lowest BCUT2D eigenvalue weighted by Gasteiger charge is -2.13. The maximum Gasteiger partial charge on any atom is 0.319 e. The average molecular weight is 314 g/mol. The summed E-state index contributed by atoms with van der Waals surface area (Å²) in [4.78, 5) is 11.9. The molecule has 5 heteroatoms. The van der Waals surface area contributed by atoms with Gasteiger partial charge in [0.2, 0.25) is 0 Å². The predicted molar refractivity (Wildman–Crippen MR) is 91.3 cm³/mol. The van der Waals surface area contributed by atoms with Crippen LogP contribution in [0.2, 0.25) is 0 Å². The van der Waals surface area contributed by atoms with Gasteiger partial charge in [-0.1, -0.05) is 24.3 Å². The average Bonchev–Trinajstić information content (AvgIpc) is 2.55. The Balaban J connectivity index is 1.78. The molecule has 2 amide bonds. The molecule has 0 spiro atoms. The summed E-state index contributed by atoms with van der Waals surface area (Å²) >= 11 is 0. The molecular weight excluding hydrogens is 292 g/mol. The Morgan fingerprint density at radius 2 is 1.87 bits per heavy atom. The van der Waals surface area contributed by atoms with Gasteiger partial charge in [-0.2, -0.15) is 0 Å². The summed E-state index contributed by atoms with van der Waals surface area (Å²) in [5.41, 5.74) is 1.73. The van der Waals surface area contributed by atoms with Crippen molar-refractivity contribution in [1.29, 1.82) is 0 Å². The van der Waals surface area contributed by atoms with E-state index in [1.54, 1.807) is 0 Å². The van der Waals surface area contributed by atoms with Crippen LogP contribution in [0.4, 0.5) is 10.5 Å². The third-order valence-electron chi connectivity index (χ3n) is 3.08. The highest BCUT2D eigenvalue weighted by Crippen LogP contribution is 2.25. The number of nitrogens with one attached hydrogen (secondary N) is 2. The minimum atomic E-state index is -0.286. The number of hydrogen-bond donors (Lipinski definition) is 2. The van der Waals surface area contributed by atoms with Crippen LogP contribution in [-0.4, -0.2) is 25.8 Å². The topological polar surface area (TPSA) is 59.6 Å². The Kier molecular flexibility index (Phi) is 6.29. The van der Waals surface area contributed by atoms with Crippen LogP contribution in [0.25, 0.3) is 0 Å². The summed E-state index contributed by atoms with van der Waals surface area (Å²) in [6.45, 7) is 5.26. The number of urea groups is 1. The van der Waals surface area contributed by atoms with Gasteiger partial charge >= 0.3 is 6.03 Å². The summed E-state index contributed by atoms with van der Waals surface area (Å²) in [7, 11) is 0. The molecule has 2 aromatic rings. The predicted octanol–water partition coefficient (Wildman–Crippen LogP) is 3.59. The van der Waals surface area contributed by atoms with Gasteiger partial charge < -0.3 is 20.1 Å². The van der Waals surface area contributed by atoms with Crippen LogP contribution in [0.1, 0.15) is 12.5 Å². The fourth-order valence-electron chi connectivity index (χ4n) is 2.02. The summed E-state index contributed by atoms with van der Waals surface area (Å²) in [6, 6.07) is 14.9. The van der Waals surface area contributed by atoms with Crippen molar-refractivity contribution in [1.82, 2.24) is 5.32 Å². The Hall–Kier alpha value is -2.69. The lowest BCUT2D eigenvalue weighted by Crippen LogP contribution is -2.32. The van der Waals surface area contributed by atoms with E-state index in [0.29, 0.717) is 31.2 Å². The number of para-hydroxylation sites is 1. The van der Waals surface area contributed by atoms with Gasteiger partial charge in [0, 0.05) is 0 Å². The lowest BCUT2D eigenvalue weighted by atomic mass is 10.2. The van der Waals surface area contributed by atoms with Gasteiger partial charge in [0.15, 0.2) is 0 Å². The molecule has 0 aliphatic heterocycles. The van der Waals surface area contributed by atoms with Gasteiger partial charge in [-0.25, -0.2) is 4.79 Å². The number of ether oxygens (including phenoxy) is 2. The van der Waals surface area contributed by atoms with E-state index >= 15 is 0 Å². The van der Waals surface area contributed by atoms with Crippen molar-refractivity contribution in [2.75, 3.05) is 25.1 Å². The minimum absolute atomic E-state index is 0.286. The van der Waals surface area contributed by atoms with Crippen LogP contribution in [0.5, 0.6) is 11.5 Å². The second kappa shape index (κ2) is 8.68. The monoisotopic (exact) mass is 314 g/mol. The van der Waals surface area contributed by atoms with E-state index in [2.05, 4.69) is 10.6 Å². The molecule has 0 aliphatic rings. The molecule has 0 heterocycles. The van der Waals surface area contributed by atoms with Crippen LogP contribution >= 0.6 is 0 Å². The molecule has 5 nitrogen and oxygen atoms in total. The van der Waals surface area contributed by atoms with Crippen LogP contribution in [-0.2, 0) is 0 Å². The highest BCUT2D eigenvalue weighted by atomic mass is 16.5. The third-order valence-corrected chi connectivity index (χ3v) is 3.08. The number of benzene rings is 2. The van der Waals surface area contributed by atoms with E-state index in [1.165, 1.54) is 0 Å². The molecule has 122 valence electrons. The molecule has 2 N–H and O–H groups in total. The molecule has 23 heavy (non-hydrogen) atoms.